The number of aromatic nitrogens is 1. The lowest BCUT2D eigenvalue weighted by Crippen LogP contribution is -2.43. The third kappa shape index (κ3) is 5.37. The van der Waals surface area contributed by atoms with Gasteiger partial charge in [-0.1, -0.05) is 19.8 Å². The fourth-order valence-corrected chi connectivity index (χ4v) is 3.75. The zero-order valence-electron chi connectivity index (χ0n) is 16.0. The van der Waals surface area contributed by atoms with Gasteiger partial charge in [-0.15, -0.1) is 0 Å². The third-order valence-electron chi connectivity index (χ3n) is 5.59. The number of ether oxygens (including phenoxy) is 1. The average molecular weight is 414 g/mol. The number of pyridine rings is 1. The van der Waals surface area contributed by atoms with Crippen molar-refractivity contribution in [3.05, 3.63) is 18.3 Å². The van der Waals surface area contributed by atoms with Crippen molar-refractivity contribution in [3.8, 4) is 5.75 Å². The van der Waals surface area contributed by atoms with Crippen molar-refractivity contribution in [1.82, 2.24) is 10.3 Å². The van der Waals surface area contributed by atoms with Crippen LogP contribution in [0.5, 0.6) is 5.75 Å². The number of anilines is 1. The summed E-state index contributed by atoms with van der Waals surface area (Å²) in [5.74, 6) is -0.154. The van der Waals surface area contributed by atoms with Crippen molar-refractivity contribution in [2.24, 2.45) is 17.6 Å². The summed E-state index contributed by atoms with van der Waals surface area (Å²) < 4.78 is 43.7. The Labute approximate surface area is 166 Å². The molecule has 2 aliphatic rings. The lowest BCUT2D eigenvalue weighted by atomic mass is 9.79. The summed E-state index contributed by atoms with van der Waals surface area (Å²) in [5, 5.41) is 4.50. The fourth-order valence-electron chi connectivity index (χ4n) is 3.75. The van der Waals surface area contributed by atoms with E-state index in [-0.39, 0.29) is 23.4 Å². The van der Waals surface area contributed by atoms with Gasteiger partial charge >= 0.3 is 6.18 Å². The molecule has 1 aliphatic heterocycles. The molecule has 0 bridgehead atoms. The summed E-state index contributed by atoms with van der Waals surface area (Å²) in [7, 11) is 0. The van der Waals surface area contributed by atoms with Crippen LogP contribution in [0.3, 0.4) is 0 Å². The van der Waals surface area contributed by atoms with Gasteiger partial charge in [-0.3, -0.25) is 9.59 Å². The number of nitrogens with zero attached hydrogens (tertiary/aromatic N) is 1. The van der Waals surface area contributed by atoms with E-state index in [9.17, 15) is 22.8 Å². The Kier molecular flexibility index (Phi) is 6.30. The molecule has 2 fully saturated rings. The second-order valence-electron chi connectivity index (χ2n) is 7.86. The summed E-state index contributed by atoms with van der Waals surface area (Å²) in [6.45, 7) is 2.18. The monoisotopic (exact) mass is 414 g/mol. The van der Waals surface area contributed by atoms with Gasteiger partial charge in [0.2, 0.25) is 5.91 Å². The number of amides is 2. The highest BCUT2D eigenvalue weighted by Crippen LogP contribution is 2.31. The molecule has 3 atom stereocenters. The largest absolute Gasteiger partial charge is 0.480 e. The van der Waals surface area contributed by atoms with E-state index < -0.39 is 36.7 Å². The second-order valence-corrected chi connectivity index (χ2v) is 7.86. The Morgan fingerprint density at radius 3 is 2.66 bits per heavy atom. The number of hydrogen-bond acceptors (Lipinski definition) is 5. The molecule has 2 heterocycles. The predicted molar refractivity (Wildman–Crippen MR) is 99.0 cm³/mol. The van der Waals surface area contributed by atoms with Crippen LogP contribution in [-0.2, 0) is 9.59 Å². The normalized spacial score (nSPS) is 28.5. The van der Waals surface area contributed by atoms with Crippen molar-refractivity contribution >= 4 is 17.6 Å². The van der Waals surface area contributed by atoms with Gasteiger partial charge in [-0.2, -0.15) is 13.2 Å². The Hall–Kier alpha value is -2.36. The molecule has 7 nitrogen and oxygen atoms in total. The quantitative estimate of drug-likeness (QED) is 0.686. The van der Waals surface area contributed by atoms with Gasteiger partial charge in [0.1, 0.15) is 17.6 Å². The summed E-state index contributed by atoms with van der Waals surface area (Å²) in [6, 6.07) is 0.174. The molecule has 3 rings (SSSR count). The Bertz CT molecular complexity index is 750. The van der Waals surface area contributed by atoms with E-state index in [4.69, 9.17) is 10.5 Å². The molecular weight excluding hydrogens is 389 g/mol. The highest BCUT2D eigenvalue weighted by Gasteiger charge is 2.48. The minimum absolute atomic E-state index is 0.104. The Morgan fingerprint density at radius 1 is 1.34 bits per heavy atom. The third-order valence-corrected chi connectivity index (χ3v) is 5.59. The predicted octanol–water partition coefficient (Wildman–Crippen LogP) is 2.37. The van der Waals surface area contributed by atoms with E-state index in [1.807, 2.05) is 5.32 Å². The second kappa shape index (κ2) is 8.56. The van der Waals surface area contributed by atoms with Crippen LogP contribution in [0.2, 0.25) is 0 Å². The number of nitrogens with two attached hydrogens (primary N) is 1. The Balaban J connectivity index is 1.58. The molecule has 1 aromatic heterocycles. The molecule has 1 aliphatic carbocycles. The number of alkyl halides is 3. The maximum Gasteiger partial charge on any atom is 0.408 e. The summed E-state index contributed by atoms with van der Waals surface area (Å²) in [6.07, 6.45) is -1.11. The number of nitrogens with one attached hydrogen (secondary N) is 2. The van der Waals surface area contributed by atoms with Gasteiger partial charge in [0.25, 0.3) is 5.91 Å². The summed E-state index contributed by atoms with van der Waals surface area (Å²) in [5.41, 5.74) is 6.10. The number of hydrogen-bond donors (Lipinski definition) is 3. The average Bonchev–Trinajstić information content (AvgIpc) is 3.03. The number of rotatable bonds is 5. The maximum atomic E-state index is 12.8. The standard InChI is InChI=1S/C19H25F3N4O3/c1-10-2-4-11(5-3-10)16(23)18(28)26-15-8-12(6-7-24-15)29-13-9-14(19(20,21)22)25-17(13)27/h6-8,10-11,13-14,16H,2-5,9,23H2,1H3,(H,25,27)(H,24,26,28)/t10?,11?,13-,14+,16+/m1/s1. The molecule has 0 aromatic carbocycles. The van der Waals surface area contributed by atoms with E-state index in [2.05, 4.69) is 17.2 Å². The van der Waals surface area contributed by atoms with Crippen LogP contribution in [0.15, 0.2) is 18.3 Å². The van der Waals surface area contributed by atoms with Crippen LogP contribution < -0.4 is 21.1 Å². The molecular formula is C19H25F3N4O3. The number of carbonyl (C=O) groups is 2. The van der Waals surface area contributed by atoms with Gasteiger partial charge in [0.15, 0.2) is 6.10 Å². The highest BCUT2D eigenvalue weighted by atomic mass is 19.4. The van der Waals surface area contributed by atoms with Crippen molar-refractivity contribution in [2.75, 3.05) is 5.32 Å². The molecule has 10 heteroatoms. The summed E-state index contributed by atoms with van der Waals surface area (Å²) in [4.78, 5) is 28.2. The first-order valence-corrected chi connectivity index (χ1v) is 9.69. The molecule has 2 amide bonds. The van der Waals surface area contributed by atoms with Crippen molar-refractivity contribution in [2.45, 2.75) is 63.4 Å². The van der Waals surface area contributed by atoms with Crippen molar-refractivity contribution in [1.29, 1.82) is 0 Å². The van der Waals surface area contributed by atoms with Crippen molar-refractivity contribution < 1.29 is 27.5 Å². The molecule has 1 saturated carbocycles. The van der Waals surface area contributed by atoms with Crippen LogP contribution >= 0.6 is 0 Å². The smallest absolute Gasteiger partial charge is 0.408 e. The van der Waals surface area contributed by atoms with Crippen LogP contribution in [0.4, 0.5) is 19.0 Å². The Morgan fingerprint density at radius 2 is 2.03 bits per heavy atom. The van der Waals surface area contributed by atoms with Crippen LogP contribution in [0.1, 0.15) is 39.0 Å². The number of carbonyl (C=O) groups excluding carboxylic acids is 2. The molecule has 1 saturated heterocycles. The fraction of sp³-hybridized carbons (Fsp3) is 0.632. The first kappa shape index (κ1) is 21.4. The minimum atomic E-state index is -4.53. The molecule has 0 radical (unpaired) electrons. The van der Waals surface area contributed by atoms with E-state index in [1.54, 1.807) is 0 Å². The minimum Gasteiger partial charge on any atom is -0.480 e. The molecule has 29 heavy (non-hydrogen) atoms. The van der Waals surface area contributed by atoms with Gasteiger partial charge < -0.3 is 21.1 Å². The zero-order valence-corrected chi connectivity index (χ0v) is 16.0. The maximum absolute atomic E-state index is 12.8. The van der Waals surface area contributed by atoms with Crippen LogP contribution in [0.25, 0.3) is 0 Å². The lowest BCUT2D eigenvalue weighted by molar-refractivity contribution is -0.155. The van der Waals surface area contributed by atoms with E-state index in [0.29, 0.717) is 5.92 Å². The van der Waals surface area contributed by atoms with E-state index in [0.717, 1.165) is 25.7 Å². The highest BCUT2D eigenvalue weighted by molar-refractivity contribution is 5.94. The van der Waals surface area contributed by atoms with Gasteiger partial charge in [-0.25, -0.2) is 4.98 Å². The first-order chi connectivity index (χ1) is 13.6. The molecule has 4 N–H and O–H groups in total. The van der Waals surface area contributed by atoms with Gasteiger partial charge in [0, 0.05) is 18.7 Å². The topological polar surface area (TPSA) is 106 Å². The van der Waals surface area contributed by atoms with Crippen molar-refractivity contribution in [3.63, 3.8) is 0 Å². The zero-order chi connectivity index (χ0) is 21.2. The van der Waals surface area contributed by atoms with Crippen LogP contribution in [-0.4, -0.2) is 41.2 Å². The summed E-state index contributed by atoms with van der Waals surface area (Å²) >= 11 is 0. The van der Waals surface area contributed by atoms with E-state index in [1.165, 1.54) is 18.3 Å². The van der Waals surface area contributed by atoms with Gasteiger partial charge in [0.05, 0.1) is 6.04 Å². The number of halogens is 3. The molecule has 0 spiro atoms. The van der Waals surface area contributed by atoms with E-state index >= 15 is 0 Å². The molecule has 0 unspecified atom stereocenters. The first-order valence-electron chi connectivity index (χ1n) is 9.69. The molecule has 1 aromatic rings. The lowest BCUT2D eigenvalue weighted by Gasteiger charge is -2.29. The SMILES string of the molecule is CC1CCC([C@H](N)C(=O)Nc2cc(O[C@@H]3C[C@@H](C(F)(F)F)NC3=O)ccn2)CC1. The van der Waals surface area contributed by atoms with Gasteiger partial charge in [-0.05, 0) is 30.7 Å². The van der Waals surface area contributed by atoms with Crippen LogP contribution in [0, 0.1) is 11.8 Å². The molecule has 160 valence electrons.